The molecule has 0 bridgehead atoms. The summed E-state index contributed by atoms with van der Waals surface area (Å²) in [4.78, 5) is 23.7. The van der Waals surface area contributed by atoms with Gasteiger partial charge < -0.3 is 15.4 Å². The summed E-state index contributed by atoms with van der Waals surface area (Å²) in [6.07, 6.45) is 0.105. The zero-order valence-corrected chi connectivity index (χ0v) is 15.5. The maximum atomic E-state index is 12.5. The van der Waals surface area contributed by atoms with E-state index in [2.05, 4.69) is 15.4 Å². The third-order valence-corrected chi connectivity index (χ3v) is 4.86. The molecular formula is C16H25N3O5S. The number of sulfonamides is 1. The highest BCUT2D eigenvalue weighted by molar-refractivity contribution is 7.89. The van der Waals surface area contributed by atoms with Gasteiger partial charge in [0.2, 0.25) is 21.8 Å². The average Bonchev–Trinajstić information content (AvgIpc) is 2.59. The van der Waals surface area contributed by atoms with E-state index in [1.165, 1.54) is 31.4 Å². The first-order chi connectivity index (χ1) is 11.8. The monoisotopic (exact) mass is 371 g/mol. The molecule has 8 nitrogen and oxygen atoms in total. The Morgan fingerprint density at radius 3 is 2.20 bits per heavy atom. The van der Waals surface area contributed by atoms with Gasteiger partial charge in [-0.1, -0.05) is 0 Å². The summed E-state index contributed by atoms with van der Waals surface area (Å²) in [5.41, 5.74) is 0. The van der Waals surface area contributed by atoms with E-state index in [4.69, 9.17) is 4.74 Å². The lowest BCUT2D eigenvalue weighted by Gasteiger charge is -2.18. The van der Waals surface area contributed by atoms with Crippen LogP contribution in [0.15, 0.2) is 29.2 Å². The van der Waals surface area contributed by atoms with Crippen LogP contribution in [0.4, 0.5) is 0 Å². The zero-order valence-electron chi connectivity index (χ0n) is 14.7. The number of benzene rings is 1. The van der Waals surface area contributed by atoms with Crippen molar-refractivity contribution >= 4 is 21.8 Å². The number of carbonyl (C=O) groups is 2. The van der Waals surface area contributed by atoms with Gasteiger partial charge in [0.15, 0.2) is 0 Å². The molecule has 0 aromatic heterocycles. The fraction of sp³-hybridized carbons (Fsp3) is 0.500. The summed E-state index contributed by atoms with van der Waals surface area (Å²) >= 11 is 0. The largest absolute Gasteiger partial charge is 0.497 e. The Morgan fingerprint density at radius 1 is 1.08 bits per heavy atom. The van der Waals surface area contributed by atoms with Crippen molar-refractivity contribution in [2.24, 2.45) is 0 Å². The molecule has 140 valence electrons. The molecule has 1 aromatic carbocycles. The summed E-state index contributed by atoms with van der Waals surface area (Å²) in [6.45, 7) is 4.35. The fourth-order valence-electron chi connectivity index (χ4n) is 2.11. The van der Waals surface area contributed by atoms with Crippen molar-refractivity contribution in [2.45, 2.75) is 37.6 Å². The first-order valence-electron chi connectivity index (χ1n) is 8.04. The molecule has 0 spiro atoms. The molecule has 2 amide bonds. The van der Waals surface area contributed by atoms with Gasteiger partial charge in [0, 0.05) is 19.5 Å². The molecule has 25 heavy (non-hydrogen) atoms. The van der Waals surface area contributed by atoms with Crippen LogP contribution >= 0.6 is 0 Å². The van der Waals surface area contributed by atoms with E-state index < -0.39 is 22.0 Å². The van der Waals surface area contributed by atoms with Crippen LogP contribution in [0, 0.1) is 0 Å². The smallest absolute Gasteiger partial charge is 0.241 e. The van der Waals surface area contributed by atoms with Crippen LogP contribution in [0.25, 0.3) is 0 Å². The lowest BCUT2D eigenvalue weighted by atomic mass is 10.1. The SMILES string of the molecule is CCNC(=O)CC[C@H](NS(=O)(=O)c1ccc(OC)cc1)C(=O)NCC. The second-order valence-corrected chi connectivity index (χ2v) is 6.95. The molecule has 0 radical (unpaired) electrons. The van der Waals surface area contributed by atoms with E-state index in [1.807, 2.05) is 0 Å². The third kappa shape index (κ3) is 6.71. The number of carbonyl (C=O) groups excluding carboxylic acids is 2. The molecule has 1 rings (SSSR count). The lowest BCUT2D eigenvalue weighted by molar-refractivity contribution is -0.123. The molecule has 1 aromatic rings. The van der Waals surface area contributed by atoms with Gasteiger partial charge in [-0.25, -0.2) is 8.42 Å². The van der Waals surface area contributed by atoms with Crippen molar-refractivity contribution in [2.75, 3.05) is 20.2 Å². The summed E-state index contributed by atoms with van der Waals surface area (Å²) < 4.78 is 32.3. The van der Waals surface area contributed by atoms with E-state index in [-0.39, 0.29) is 23.6 Å². The van der Waals surface area contributed by atoms with Gasteiger partial charge in [0.25, 0.3) is 0 Å². The Kier molecular flexibility index (Phi) is 8.36. The number of nitrogens with one attached hydrogen (secondary N) is 3. The van der Waals surface area contributed by atoms with Crippen LogP contribution in [-0.2, 0) is 19.6 Å². The number of methoxy groups -OCH3 is 1. The summed E-state index contributed by atoms with van der Waals surface area (Å²) in [5, 5.41) is 5.19. The van der Waals surface area contributed by atoms with Crippen molar-refractivity contribution in [1.29, 1.82) is 0 Å². The molecular weight excluding hydrogens is 346 g/mol. The Labute approximate surface area is 148 Å². The Bertz CT molecular complexity index is 674. The van der Waals surface area contributed by atoms with Crippen molar-refractivity contribution in [1.82, 2.24) is 15.4 Å². The predicted molar refractivity (Wildman–Crippen MR) is 93.7 cm³/mol. The van der Waals surface area contributed by atoms with Gasteiger partial charge in [0.05, 0.1) is 12.0 Å². The van der Waals surface area contributed by atoms with Crippen LogP contribution in [0.2, 0.25) is 0 Å². The molecule has 3 N–H and O–H groups in total. The standard InChI is InChI=1S/C16H25N3O5S/c1-4-17-15(20)11-10-14(16(21)18-5-2)19-25(22,23)13-8-6-12(24-3)7-9-13/h6-9,14,19H,4-5,10-11H2,1-3H3,(H,17,20)(H,18,21)/t14-/m0/s1. The highest BCUT2D eigenvalue weighted by atomic mass is 32.2. The van der Waals surface area contributed by atoms with E-state index in [0.717, 1.165) is 0 Å². The first-order valence-corrected chi connectivity index (χ1v) is 9.53. The second-order valence-electron chi connectivity index (χ2n) is 5.24. The van der Waals surface area contributed by atoms with Crippen molar-refractivity contribution in [3.8, 4) is 5.75 Å². The molecule has 0 aliphatic rings. The van der Waals surface area contributed by atoms with Crippen LogP contribution in [-0.4, -0.2) is 46.5 Å². The molecule has 1 atom stereocenters. The zero-order chi connectivity index (χ0) is 18.9. The quantitative estimate of drug-likeness (QED) is 0.551. The highest BCUT2D eigenvalue weighted by Gasteiger charge is 2.26. The van der Waals surface area contributed by atoms with Gasteiger partial charge >= 0.3 is 0 Å². The topological polar surface area (TPSA) is 114 Å². The summed E-state index contributed by atoms with van der Waals surface area (Å²) in [7, 11) is -2.43. The minimum atomic E-state index is -3.91. The fourth-order valence-corrected chi connectivity index (χ4v) is 3.34. The normalized spacial score (nSPS) is 12.3. The number of hydrogen-bond acceptors (Lipinski definition) is 5. The van der Waals surface area contributed by atoms with E-state index >= 15 is 0 Å². The maximum absolute atomic E-state index is 12.5. The van der Waals surface area contributed by atoms with Gasteiger partial charge in [-0.15, -0.1) is 0 Å². The number of hydrogen-bond donors (Lipinski definition) is 3. The minimum Gasteiger partial charge on any atom is -0.497 e. The first kappa shape index (κ1) is 20.9. The molecule has 0 unspecified atom stereocenters. The van der Waals surface area contributed by atoms with Crippen LogP contribution < -0.4 is 20.1 Å². The average molecular weight is 371 g/mol. The van der Waals surface area contributed by atoms with Gasteiger partial charge in [-0.05, 0) is 44.5 Å². The van der Waals surface area contributed by atoms with Gasteiger partial charge in [-0.3, -0.25) is 9.59 Å². The second kappa shape index (κ2) is 10.00. The summed E-state index contributed by atoms with van der Waals surface area (Å²) in [5.74, 6) is -0.181. The molecule has 0 saturated carbocycles. The third-order valence-electron chi connectivity index (χ3n) is 3.37. The molecule has 0 fully saturated rings. The maximum Gasteiger partial charge on any atom is 0.241 e. The van der Waals surface area contributed by atoms with Crippen molar-refractivity contribution in [3.63, 3.8) is 0 Å². The number of rotatable bonds is 10. The Hall–Kier alpha value is -2.13. The van der Waals surface area contributed by atoms with Crippen LogP contribution in [0.1, 0.15) is 26.7 Å². The molecule has 9 heteroatoms. The lowest BCUT2D eigenvalue weighted by Crippen LogP contribution is -2.47. The number of amides is 2. The number of likely N-dealkylation sites (N-methyl/N-ethyl adjacent to an activating group) is 1. The Balaban J connectivity index is 2.89. The van der Waals surface area contributed by atoms with Crippen molar-refractivity contribution < 1.29 is 22.7 Å². The van der Waals surface area contributed by atoms with E-state index in [1.54, 1.807) is 13.8 Å². The highest BCUT2D eigenvalue weighted by Crippen LogP contribution is 2.16. The van der Waals surface area contributed by atoms with Gasteiger partial charge in [-0.2, -0.15) is 4.72 Å². The van der Waals surface area contributed by atoms with E-state index in [9.17, 15) is 18.0 Å². The number of ether oxygens (including phenoxy) is 1. The molecule has 0 aliphatic heterocycles. The molecule has 0 aliphatic carbocycles. The molecule has 0 saturated heterocycles. The van der Waals surface area contributed by atoms with Crippen molar-refractivity contribution in [3.05, 3.63) is 24.3 Å². The van der Waals surface area contributed by atoms with Gasteiger partial charge in [0.1, 0.15) is 11.8 Å². The van der Waals surface area contributed by atoms with E-state index in [0.29, 0.717) is 18.8 Å². The Morgan fingerprint density at radius 2 is 1.68 bits per heavy atom. The summed E-state index contributed by atoms with van der Waals surface area (Å²) in [6, 6.07) is 4.78. The van der Waals surface area contributed by atoms with Crippen LogP contribution in [0.3, 0.4) is 0 Å². The van der Waals surface area contributed by atoms with Crippen LogP contribution in [0.5, 0.6) is 5.75 Å². The molecule has 0 heterocycles. The minimum absolute atomic E-state index is 0.0145. The predicted octanol–water partition coefficient (Wildman–Crippen LogP) is 0.395.